The minimum absolute atomic E-state index is 0.379. The molecule has 0 heterocycles. The molecule has 23 heavy (non-hydrogen) atoms. The Morgan fingerprint density at radius 1 is 1.17 bits per heavy atom. The lowest BCUT2D eigenvalue weighted by Crippen LogP contribution is -2.50. The van der Waals surface area contributed by atoms with Gasteiger partial charge in [-0.25, -0.2) is 0 Å². The number of hydrogen-bond donors (Lipinski definition) is 1. The number of benzene rings is 1. The first-order chi connectivity index (χ1) is 10.7. The largest absolute Gasteiger partial charge is 0.490 e. The first-order valence-electron chi connectivity index (χ1n) is 9.24. The van der Waals surface area contributed by atoms with Crippen LogP contribution in [-0.2, 0) is 6.42 Å². The molecule has 0 unspecified atom stereocenters. The lowest BCUT2D eigenvalue weighted by Gasteiger charge is -2.38. The topological polar surface area (TPSA) is 21.3 Å². The van der Waals surface area contributed by atoms with Gasteiger partial charge in [0.05, 0.1) is 0 Å². The van der Waals surface area contributed by atoms with Crippen LogP contribution in [0.5, 0.6) is 5.75 Å². The molecule has 0 spiro atoms. The van der Waals surface area contributed by atoms with Crippen molar-refractivity contribution in [2.45, 2.75) is 85.4 Å². The van der Waals surface area contributed by atoms with Gasteiger partial charge in [0.25, 0.3) is 0 Å². The average molecular weight is 318 g/mol. The molecule has 1 fully saturated rings. The van der Waals surface area contributed by atoms with E-state index in [1.807, 2.05) is 0 Å². The summed E-state index contributed by atoms with van der Waals surface area (Å²) in [5.41, 5.74) is 1.77. The van der Waals surface area contributed by atoms with E-state index in [0.717, 1.165) is 25.0 Å². The Hall–Kier alpha value is -1.02. The maximum atomic E-state index is 6.16. The third-order valence-electron chi connectivity index (χ3n) is 4.96. The molecule has 1 aliphatic carbocycles. The summed E-state index contributed by atoms with van der Waals surface area (Å²) in [6.07, 6.45) is 4.97. The van der Waals surface area contributed by atoms with E-state index in [0.29, 0.717) is 29.5 Å². The molecule has 0 radical (unpaired) electrons. The molecule has 0 aliphatic heterocycles. The van der Waals surface area contributed by atoms with Crippen molar-refractivity contribution in [2.75, 3.05) is 0 Å². The predicted molar refractivity (Wildman–Crippen MR) is 99.1 cm³/mol. The highest BCUT2D eigenvalue weighted by atomic mass is 16.5. The zero-order valence-corrected chi connectivity index (χ0v) is 15.9. The monoisotopic (exact) mass is 317 g/mol. The van der Waals surface area contributed by atoms with Gasteiger partial charge in [-0.05, 0) is 61.6 Å². The van der Waals surface area contributed by atoms with E-state index in [-0.39, 0.29) is 0 Å². The zero-order valence-electron chi connectivity index (χ0n) is 15.9. The van der Waals surface area contributed by atoms with E-state index in [1.165, 1.54) is 12.0 Å². The summed E-state index contributed by atoms with van der Waals surface area (Å²) in [6, 6.07) is 9.88. The summed E-state index contributed by atoms with van der Waals surface area (Å²) in [7, 11) is 0. The molecule has 0 bridgehead atoms. The number of hydrogen-bond acceptors (Lipinski definition) is 2. The quantitative estimate of drug-likeness (QED) is 0.745. The van der Waals surface area contributed by atoms with Gasteiger partial charge in [-0.3, -0.25) is 0 Å². The summed E-state index contributed by atoms with van der Waals surface area (Å²) in [4.78, 5) is 0. The number of ether oxygens (including phenoxy) is 1. The van der Waals surface area contributed by atoms with E-state index < -0.39 is 0 Å². The van der Waals surface area contributed by atoms with Crippen molar-refractivity contribution in [1.82, 2.24) is 5.32 Å². The van der Waals surface area contributed by atoms with E-state index in [2.05, 4.69) is 71.1 Å². The van der Waals surface area contributed by atoms with Crippen molar-refractivity contribution in [3.63, 3.8) is 0 Å². The maximum Gasteiger partial charge on any atom is 0.119 e. The summed E-state index contributed by atoms with van der Waals surface area (Å²) in [6.45, 7) is 13.7. The number of aryl methyl sites for hydroxylation is 1. The fourth-order valence-corrected chi connectivity index (χ4v) is 2.85. The van der Waals surface area contributed by atoms with Crippen LogP contribution in [-0.4, -0.2) is 18.2 Å². The minimum Gasteiger partial charge on any atom is -0.490 e. The smallest absolute Gasteiger partial charge is 0.119 e. The van der Waals surface area contributed by atoms with Crippen LogP contribution in [0.1, 0.15) is 66.4 Å². The van der Waals surface area contributed by atoms with Gasteiger partial charge in [-0.1, -0.05) is 46.8 Å². The fraction of sp³-hybridized carbons (Fsp3) is 0.714. The second-order valence-corrected chi connectivity index (χ2v) is 8.82. The van der Waals surface area contributed by atoms with Gasteiger partial charge in [0, 0.05) is 12.1 Å². The highest BCUT2D eigenvalue weighted by Crippen LogP contribution is 2.28. The normalized spacial score (nSPS) is 22.7. The van der Waals surface area contributed by atoms with Crippen LogP contribution >= 0.6 is 0 Å². The first-order valence-corrected chi connectivity index (χ1v) is 9.24. The second kappa shape index (κ2) is 7.70. The Balaban J connectivity index is 1.77. The Bertz CT molecular complexity index is 483. The molecular weight excluding hydrogens is 282 g/mol. The Kier molecular flexibility index (Phi) is 6.13. The van der Waals surface area contributed by atoms with Gasteiger partial charge >= 0.3 is 0 Å². The van der Waals surface area contributed by atoms with Crippen LogP contribution < -0.4 is 10.1 Å². The fourth-order valence-electron chi connectivity index (χ4n) is 2.85. The highest BCUT2D eigenvalue weighted by Gasteiger charge is 2.31. The molecule has 0 saturated heterocycles. The summed E-state index contributed by atoms with van der Waals surface area (Å²) in [5, 5.41) is 3.70. The van der Waals surface area contributed by atoms with Gasteiger partial charge < -0.3 is 10.1 Å². The summed E-state index contributed by atoms with van der Waals surface area (Å²) >= 11 is 0. The lowest BCUT2D eigenvalue weighted by molar-refractivity contribution is 0.0774. The molecule has 2 rings (SSSR count). The minimum atomic E-state index is 0.379. The molecule has 2 nitrogen and oxygen atoms in total. The molecule has 130 valence electrons. The van der Waals surface area contributed by atoms with Crippen LogP contribution in [0.15, 0.2) is 24.3 Å². The van der Waals surface area contributed by atoms with Crippen molar-refractivity contribution in [1.29, 1.82) is 0 Å². The van der Waals surface area contributed by atoms with Gasteiger partial charge in [-0.15, -0.1) is 0 Å². The Labute approximate surface area is 143 Å². The van der Waals surface area contributed by atoms with Crippen LogP contribution in [0.25, 0.3) is 0 Å². The lowest BCUT2D eigenvalue weighted by atomic mass is 9.87. The molecule has 1 aromatic rings. The molecule has 1 aliphatic rings. The summed E-state index contributed by atoms with van der Waals surface area (Å²) in [5.74, 6) is 1.73. The molecule has 2 heteroatoms. The van der Waals surface area contributed by atoms with Gasteiger partial charge in [0.15, 0.2) is 0 Å². The predicted octanol–water partition coefficient (Wildman–Crippen LogP) is 5.21. The van der Waals surface area contributed by atoms with Crippen molar-refractivity contribution in [3.05, 3.63) is 29.8 Å². The standard InChI is InChI=1S/C21H35NO/c1-15(2)16(3)22-18-13-20(14-18)23-19-9-7-8-17(12-19)10-11-21(4,5)6/h7-9,12,15-16,18,20,22H,10-11,13-14H2,1-6H3/t16-,18?,20?/m0/s1. The van der Waals surface area contributed by atoms with Gasteiger partial charge in [0.1, 0.15) is 11.9 Å². The number of nitrogens with one attached hydrogen (secondary N) is 1. The third kappa shape index (κ3) is 6.18. The Morgan fingerprint density at radius 3 is 2.48 bits per heavy atom. The van der Waals surface area contributed by atoms with Crippen molar-refractivity contribution in [3.8, 4) is 5.75 Å². The summed E-state index contributed by atoms with van der Waals surface area (Å²) < 4.78 is 6.16. The van der Waals surface area contributed by atoms with Gasteiger partial charge in [-0.2, -0.15) is 0 Å². The van der Waals surface area contributed by atoms with Crippen LogP contribution in [0.3, 0.4) is 0 Å². The molecule has 1 aromatic carbocycles. The average Bonchev–Trinajstić information content (AvgIpc) is 2.42. The maximum absolute atomic E-state index is 6.16. The highest BCUT2D eigenvalue weighted by molar-refractivity contribution is 5.29. The SMILES string of the molecule is CC(C)[C@H](C)NC1CC(Oc2cccc(CCC(C)(C)C)c2)C1. The molecule has 0 amide bonds. The van der Waals surface area contributed by atoms with Crippen LogP contribution in [0.4, 0.5) is 0 Å². The van der Waals surface area contributed by atoms with Crippen molar-refractivity contribution >= 4 is 0 Å². The molecular formula is C21H35NO. The molecule has 1 saturated carbocycles. The van der Waals surface area contributed by atoms with Crippen LogP contribution in [0, 0.1) is 11.3 Å². The molecule has 1 atom stereocenters. The first kappa shape index (κ1) is 18.3. The van der Waals surface area contributed by atoms with Gasteiger partial charge in [0.2, 0.25) is 0 Å². The number of rotatable bonds is 7. The third-order valence-corrected chi connectivity index (χ3v) is 4.96. The Morgan fingerprint density at radius 2 is 1.87 bits per heavy atom. The van der Waals surface area contributed by atoms with E-state index in [9.17, 15) is 0 Å². The van der Waals surface area contributed by atoms with Crippen molar-refractivity contribution in [2.24, 2.45) is 11.3 Å². The zero-order chi connectivity index (χ0) is 17.0. The van der Waals surface area contributed by atoms with E-state index in [1.54, 1.807) is 0 Å². The molecule has 1 N–H and O–H groups in total. The molecule has 0 aromatic heterocycles. The van der Waals surface area contributed by atoms with Crippen LogP contribution in [0.2, 0.25) is 0 Å². The second-order valence-electron chi connectivity index (χ2n) is 8.82. The van der Waals surface area contributed by atoms with E-state index >= 15 is 0 Å². The van der Waals surface area contributed by atoms with Crippen molar-refractivity contribution < 1.29 is 4.74 Å². The van der Waals surface area contributed by atoms with E-state index in [4.69, 9.17) is 4.74 Å².